The second kappa shape index (κ2) is 7.25. The highest BCUT2D eigenvalue weighted by molar-refractivity contribution is 9.10. The van der Waals surface area contributed by atoms with Crippen molar-refractivity contribution in [3.8, 4) is 0 Å². The van der Waals surface area contributed by atoms with Crippen molar-refractivity contribution in [3.05, 3.63) is 63.1 Å². The van der Waals surface area contributed by atoms with E-state index in [-0.39, 0.29) is 5.91 Å². The molecule has 5 rings (SSSR count). The Hall–Kier alpha value is -2.33. The van der Waals surface area contributed by atoms with E-state index in [1.807, 2.05) is 24.3 Å². The maximum Gasteiger partial charge on any atom is 0.258 e. The van der Waals surface area contributed by atoms with Crippen molar-refractivity contribution in [1.29, 1.82) is 0 Å². The molecule has 1 aliphatic heterocycles. The number of anilines is 1. The topological polar surface area (TPSA) is 44.9 Å². The molecule has 142 valence electrons. The number of aromatic nitrogens is 1. The lowest BCUT2D eigenvalue weighted by Crippen LogP contribution is -2.28. The zero-order valence-electron chi connectivity index (χ0n) is 15.7. The molecule has 2 heterocycles. The van der Waals surface area contributed by atoms with Gasteiger partial charge in [0, 0.05) is 26.2 Å². The van der Waals surface area contributed by atoms with Crippen LogP contribution in [0.15, 0.2) is 46.9 Å². The molecule has 3 nitrogen and oxygen atoms in total. The molecule has 0 unspecified atom stereocenters. The summed E-state index contributed by atoms with van der Waals surface area (Å²) >= 11 is 3.50. The van der Waals surface area contributed by atoms with Crippen molar-refractivity contribution in [3.63, 3.8) is 0 Å². The Labute approximate surface area is 172 Å². The second-order valence-electron chi connectivity index (χ2n) is 7.91. The highest BCUT2D eigenvalue weighted by Gasteiger charge is 2.26. The molecule has 0 atom stereocenters. The van der Waals surface area contributed by atoms with Gasteiger partial charge in [0.25, 0.3) is 5.91 Å². The van der Waals surface area contributed by atoms with Gasteiger partial charge in [-0.25, -0.2) is 0 Å². The zero-order valence-corrected chi connectivity index (χ0v) is 17.3. The third kappa shape index (κ3) is 3.10. The molecule has 2 aromatic carbocycles. The lowest BCUT2D eigenvalue weighted by Gasteiger charge is -2.05. The molecule has 0 saturated heterocycles. The summed E-state index contributed by atoms with van der Waals surface area (Å²) in [6.07, 6.45) is 10.1. The monoisotopic (exact) mass is 434 g/mol. The summed E-state index contributed by atoms with van der Waals surface area (Å²) in [5, 5.41) is 6.31. The van der Waals surface area contributed by atoms with Crippen LogP contribution in [0.4, 0.5) is 5.69 Å². The van der Waals surface area contributed by atoms with Crippen molar-refractivity contribution in [2.45, 2.75) is 38.5 Å². The van der Waals surface area contributed by atoms with Gasteiger partial charge in [-0.15, -0.1) is 0 Å². The van der Waals surface area contributed by atoms with Crippen molar-refractivity contribution < 1.29 is 4.79 Å². The Bertz CT molecular complexity index is 1190. The minimum absolute atomic E-state index is 0.0369. The molecule has 2 aliphatic rings. The third-order valence-corrected chi connectivity index (χ3v) is 6.61. The molecule has 1 fully saturated rings. The van der Waals surface area contributed by atoms with Crippen LogP contribution < -0.4 is 15.9 Å². The largest absolute Gasteiger partial charge is 0.354 e. The first-order valence-electron chi connectivity index (χ1n) is 10.1. The SMILES string of the molecule is O=C1Nc2cc(Br)ccc2/C1=c1/[nH]c2ccccc2/c1=C/CCC1CCCC1. The predicted octanol–water partition coefficient (Wildman–Crippen LogP) is 4.83. The van der Waals surface area contributed by atoms with E-state index in [9.17, 15) is 4.79 Å². The number of hydrogen-bond donors (Lipinski definition) is 2. The van der Waals surface area contributed by atoms with Crippen molar-refractivity contribution in [1.82, 2.24) is 4.98 Å². The Morgan fingerprint density at radius 2 is 1.93 bits per heavy atom. The van der Waals surface area contributed by atoms with E-state index in [1.165, 1.54) is 37.5 Å². The minimum Gasteiger partial charge on any atom is -0.354 e. The van der Waals surface area contributed by atoms with Crippen LogP contribution >= 0.6 is 15.9 Å². The van der Waals surface area contributed by atoms with E-state index in [0.29, 0.717) is 0 Å². The Morgan fingerprint density at radius 1 is 1.11 bits per heavy atom. The first-order valence-corrected chi connectivity index (χ1v) is 10.9. The van der Waals surface area contributed by atoms with Crippen LogP contribution in [-0.4, -0.2) is 10.9 Å². The maximum absolute atomic E-state index is 12.9. The molecule has 0 spiro atoms. The fraction of sp³-hybridized carbons (Fsp3) is 0.292. The molecule has 4 heteroatoms. The molecule has 1 amide bonds. The lowest BCUT2D eigenvalue weighted by molar-refractivity contribution is -0.110. The quantitative estimate of drug-likeness (QED) is 0.608. The first-order chi connectivity index (χ1) is 13.7. The van der Waals surface area contributed by atoms with E-state index >= 15 is 0 Å². The van der Waals surface area contributed by atoms with Crippen molar-refractivity contribution in [2.24, 2.45) is 5.92 Å². The number of carbonyl (C=O) groups is 1. The van der Waals surface area contributed by atoms with Gasteiger partial charge in [-0.3, -0.25) is 4.79 Å². The number of benzene rings is 2. The minimum atomic E-state index is -0.0369. The molecule has 3 aromatic rings. The summed E-state index contributed by atoms with van der Waals surface area (Å²) in [6.45, 7) is 0. The van der Waals surface area contributed by atoms with Gasteiger partial charge in [-0.2, -0.15) is 0 Å². The van der Waals surface area contributed by atoms with Gasteiger partial charge in [0.15, 0.2) is 0 Å². The van der Waals surface area contributed by atoms with E-state index in [1.54, 1.807) is 0 Å². The van der Waals surface area contributed by atoms with E-state index < -0.39 is 0 Å². The number of rotatable bonds is 3. The normalized spacial score (nSPS) is 19.5. The van der Waals surface area contributed by atoms with E-state index in [2.05, 4.69) is 50.5 Å². The van der Waals surface area contributed by atoms with Crippen LogP contribution in [0.25, 0.3) is 22.6 Å². The standard InChI is InChI=1S/C24H23BrN2O/c25-16-12-13-19-21(14-16)27-24(28)22(19)23-18(10-5-8-15-6-1-2-7-15)17-9-3-4-11-20(17)26-23/h3-4,9-15,26H,1-2,5-8H2,(H,27,28)/b18-10-,23-22-. The number of nitrogens with one attached hydrogen (secondary N) is 2. The molecular weight excluding hydrogens is 412 g/mol. The Morgan fingerprint density at radius 3 is 2.79 bits per heavy atom. The summed E-state index contributed by atoms with van der Waals surface area (Å²) in [7, 11) is 0. The molecule has 28 heavy (non-hydrogen) atoms. The summed E-state index contributed by atoms with van der Waals surface area (Å²) in [6, 6.07) is 14.3. The number of carbonyl (C=O) groups excluding carboxylic acids is 1. The highest BCUT2D eigenvalue weighted by Crippen LogP contribution is 2.32. The van der Waals surface area contributed by atoms with Gasteiger partial charge in [-0.05, 0) is 37.0 Å². The number of amides is 1. The van der Waals surface area contributed by atoms with Crippen LogP contribution in [0.5, 0.6) is 0 Å². The summed E-state index contributed by atoms with van der Waals surface area (Å²) < 4.78 is 0.966. The molecular formula is C24H23BrN2O. The highest BCUT2D eigenvalue weighted by atomic mass is 79.9. The fourth-order valence-electron chi connectivity index (χ4n) is 4.73. The molecule has 0 bridgehead atoms. The number of halogens is 1. The van der Waals surface area contributed by atoms with E-state index in [0.717, 1.165) is 49.7 Å². The zero-order chi connectivity index (χ0) is 19.1. The molecule has 1 aliphatic carbocycles. The van der Waals surface area contributed by atoms with E-state index in [4.69, 9.17) is 0 Å². The van der Waals surface area contributed by atoms with Crippen molar-refractivity contribution >= 4 is 50.1 Å². The van der Waals surface area contributed by atoms with Gasteiger partial charge in [-0.1, -0.05) is 72.0 Å². The average molecular weight is 435 g/mol. The van der Waals surface area contributed by atoms with Gasteiger partial charge in [0.05, 0.1) is 16.6 Å². The summed E-state index contributed by atoms with van der Waals surface area (Å²) in [5.41, 5.74) is 3.65. The molecule has 0 radical (unpaired) electrons. The van der Waals surface area contributed by atoms with Crippen molar-refractivity contribution in [2.75, 3.05) is 5.32 Å². The second-order valence-corrected chi connectivity index (χ2v) is 8.83. The first kappa shape index (κ1) is 17.7. The van der Waals surface area contributed by atoms with Gasteiger partial charge in [0.1, 0.15) is 0 Å². The summed E-state index contributed by atoms with van der Waals surface area (Å²) in [4.78, 5) is 16.4. The van der Waals surface area contributed by atoms with Gasteiger partial charge >= 0.3 is 0 Å². The van der Waals surface area contributed by atoms with Gasteiger partial charge < -0.3 is 10.3 Å². The number of para-hydroxylation sites is 1. The average Bonchev–Trinajstić information content (AvgIpc) is 3.39. The van der Waals surface area contributed by atoms with Crippen LogP contribution in [0.3, 0.4) is 0 Å². The van der Waals surface area contributed by atoms with Crippen LogP contribution in [-0.2, 0) is 4.79 Å². The summed E-state index contributed by atoms with van der Waals surface area (Å²) in [5.74, 6) is 0.829. The number of H-pyrrole nitrogens is 1. The van der Waals surface area contributed by atoms with Crippen LogP contribution in [0.2, 0.25) is 0 Å². The lowest BCUT2D eigenvalue weighted by atomic mass is 10.0. The Kier molecular flexibility index (Phi) is 4.59. The smallest absolute Gasteiger partial charge is 0.258 e. The third-order valence-electron chi connectivity index (χ3n) is 6.12. The number of aromatic amines is 1. The van der Waals surface area contributed by atoms with Gasteiger partial charge in [0.2, 0.25) is 0 Å². The maximum atomic E-state index is 12.9. The van der Waals surface area contributed by atoms with Crippen LogP contribution in [0, 0.1) is 5.92 Å². The molecule has 1 saturated carbocycles. The fourth-order valence-corrected chi connectivity index (χ4v) is 5.09. The number of fused-ring (bicyclic) bond motifs is 2. The van der Waals surface area contributed by atoms with Crippen LogP contribution in [0.1, 0.15) is 44.1 Å². The molecule has 2 N–H and O–H groups in total. The predicted molar refractivity (Wildman–Crippen MR) is 118 cm³/mol. The Balaban J connectivity index is 1.69. The molecule has 1 aromatic heterocycles. The number of hydrogen-bond acceptors (Lipinski definition) is 1.